The summed E-state index contributed by atoms with van der Waals surface area (Å²) < 4.78 is 0. The van der Waals surface area contributed by atoms with Crippen LogP contribution >= 0.6 is 0 Å². The first kappa shape index (κ1) is 12.4. The van der Waals surface area contributed by atoms with Crippen molar-refractivity contribution in [3.63, 3.8) is 0 Å². The summed E-state index contributed by atoms with van der Waals surface area (Å²) >= 11 is 0. The Bertz CT molecular complexity index is 191. The predicted molar refractivity (Wildman–Crippen MR) is 58.4 cm³/mol. The predicted octanol–water partition coefficient (Wildman–Crippen LogP) is -0.920. The molecule has 0 bridgehead atoms. The normalized spacial score (nSPS) is 19.1. The molecule has 1 fully saturated rings. The van der Waals surface area contributed by atoms with Gasteiger partial charge in [0.25, 0.3) is 0 Å². The van der Waals surface area contributed by atoms with E-state index < -0.39 is 0 Å². The molecule has 0 aromatic rings. The van der Waals surface area contributed by atoms with Gasteiger partial charge in [-0.3, -0.25) is 14.6 Å². The van der Waals surface area contributed by atoms with Gasteiger partial charge < -0.3 is 10.4 Å². The number of amides is 1. The van der Waals surface area contributed by atoms with Crippen LogP contribution in [0.25, 0.3) is 0 Å². The van der Waals surface area contributed by atoms with E-state index in [0.717, 1.165) is 32.7 Å². The summed E-state index contributed by atoms with van der Waals surface area (Å²) in [5, 5.41) is 11.6. The summed E-state index contributed by atoms with van der Waals surface area (Å²) in [4.78, 5) is 15.5. The van der Waals surface area contributed by atoms with E-state index >= 15 is 0 Å². The Morgan fingerprint density at radius 3 is 2.40 bits per heavy atom. The number of carbonyl (C=O) groups is 1. The lowest BCUT2D eigenvalue weighted by Crippen LogP contribution is -2.50. The number of rotatable bonds is 5. The highest BCUT2D eigenvalue weighted by Gasteiger charge is 2.15. The molecule has 0 spiro atoms. The molecule has 0 unspecified atom stereocenters. The molecule has 1 saturated heterocycles. The number of nitrogens with one attached hydrogen (secondary N) is 1. The average molecular weight is 215 g/mol. The van der Waals surface area contributed by atoms with Crippen LogP contribution in [0.15, 0.2) is 0 Å². The SMILES string of the molecule is CCC(=O)NCN1CCN(CCO)CC1. The van der Waals surface area contributed by atoms with Crippen LogP contribution in [0.5, 0.6) is 0 Å². The van der Waals surface area contributed by atoms with Crippen molar-refractivity contribution >= 4 is 5.91 Å². The molecule has 2 N–H and O–H groups in total. The van der Waals surface area contributed by atoms with Gasteiger partial charge in [-0.25, -0.2) is 0 Å². The van der Waals surface area contributed by atoms with Crippen LogP contribution in [0.4, 0.5) is 0 Å². The number of aliphatic hydroxyl groups excluding tert-OH is 1. The van der Waals surface area contributed by atoms with E-state index in [2.05, 4.69) is 15.1 Å². The Morgan fingerprint density at radius 1 is 1.27 bits per heavy atom. The first-order valence-electron chi connectivity index (χ1n) is 5.58. The maximum absolute atomic E-state index is 11.0. The van der Waals surface area contributed by atoms with Gasteiger partial charge in [0, 0.05) is 39.1 Å². The quantitative estimate of drug-likeness (QED) is 0.623. The van der Waals surface area contributed by atoms with Crippen LogP contribution in [0, 0.1) is 0 Å². The van der Waals surface area contributed by atoms with Gasteiger partial charge in [0.1, 0.15) is 0 Å². The summed E-state index contributed by atoms with van der Waals surface area (Å²) in [5.41, 5.74) is 0. The van der Waals surface area contributed by atoms with Crippen molar-refractivity contribution in [1.29, 1.82) is 0 Å². The second-order valence-electron chi connectivity index (χ2n) is 3.79. The highest BCUT2D eigenvalue weighted by molar-refractivity contribution is 5.75. The second kappa shape index (κ2) is 6.76. The molecule has 0 radical (unpaired) electrons. The van der Waals surface area contributed by atoms with Crippen molar-refractivity contribution in [1.82, 2.24) is 15.1 Å². The summed E-state index contributed by atoms with van der Waals surface area (Å²) in [6.07, 6.45) is 0.546. The molecule has 1 rings (SSSR count). The lowest BCUT2D eigenvalue weighted by molar-refractivity contribution is -0.121. The van der Waals surface area contributed by atoms with Gasteiger partial charge in [0.2, 0.25) is 5.91 Å². The van der Waals surface area contributed by atoms with Crippen LogP contribution in [-0.2, 0) is 4.79 Å². The first-order valence-corrected chi connectivity index (χ1v) is 5.58. The van der Waals surface area contributed by atoms with Crippen LogP contribution in [-0.4, -0.2) is 66.8 Å². The zero-order valence-electron chi connectivity index (χ0n) is 9.41. The minimum Gasteiger partial charge on any atom is -0.395 e. The number of aliphatic hydroxyl groups is 1. The lowest BCUT2D eigenvalue weighted by atomic mass is 10.3. The van der Waals surface area contributed by atoms with E-state index in [4.69, 9.17) is 5.11 Å². The Labute approximate surface area is 91.0 Å². The lowest BCUT2D eigenvalue weighted by Gasteiger charge is -2.34. The van der Waals surface area contributed by atoms with Gasteiger partial charge in [-0.05, 0) is 0 Å². The van der Waals surface area contributed by atoms with Crippen LogP contribution in [0.2, 0.25) is 0 Å². The zero-order valence-corrected chi connectivity index (χ0v) is 9.41. The fourth-order valence-electron chi connectivity index (χ4n) is 1.64. The molecule has 0 atom stereocenters. The summed E-state index contributed by atoms with van der Waals surface area (Å²) in [6.45, 7) is 7.37. The van der Waals surface area contributed by atoms with E-state index in [-0.39, 0.29) is 12.5 Å². The van der Waals surface area contributed by atoms with Crippen LogP contribution in [0.3, 0.4) is 0 Å². The van der Waals surface area contributed by atoms with Crippen molar-refractivity contribution in [2.45, 2.75) is 13.3 Å². The Morgan fingerprint density at radius 2 is 1.87 bits per heavy atom. The molecule has 1 heterocycles. The monoisotopic (exact) mass is 215 g/mol. The third-order valence-electron chi connectivity index (χ3n) is 2.70. The van der Waals surface area contributed by atoms with Gasteiger partial charge >= 0.3 is 0 Å². The second-order valence-corrected chi connectivity index (χ2v) is 3.79. The fraction of sp³-hybridized carbons (Fsp3) is 0.900. The van der Waals surface area contributed by atoms with Crippen molar-refractivity contribution in [2.24, 2.45) is 0 Å². The molecule has 5 nitrogen and oxygen atoms in total. The maximum atomic E-state index is 11.0. The molecule has 88 valence electrons. The Balaban J connectivity index is 2.12. The van der Waals surface area contributed by atoms with Crippen LogP contribution in [0.1, 0.15) is 13.3 Å². The molecular weight excluding hydrogens is 194 g/mol. The van der Waals surface area contributed by atoms with E-state index in [1.807, 2.05) is 6.92 Å². The molecule has 5 heteroatoms. The number of piperazine rings is 1. The topological polar surface area (TPSA) is 55.8 Å². The average Bonchev–Trinajstić information content (AvgIpc) is 2.28. The minimum absolute atomic E-state index is 0.104. The largest absolute Gasteiger partial charge is 0.395 e. The molecule has 1 aliphatic heterocycles. The van der Waals surface area contributed by atoms with Gasteiger partial charge in [0.05, 0.1) is 13.3 Å². The number of β-amino-alcohol motifs (C(OH)–C–C–N with tert-alkyl or cyclic N) is 1. The van der Waals surface area contributed by atoms with E-state index in [9.17, 15) is 4.79 Å². The summed E-state index contributed by atoms with van der Waals surface area (Å²) in [5.74, 6) is 0.104. The summed E-state index contributed by atoms with van der Waals surface area (Å²) in [6, 6.07) is 0. The maximum Gasteiger partial charge on any atom is 0.220 e. The van der Waals surface area contributed by atoms with E-state index in [1.165, 1.54) is 0 Å². The molecular formula is C10H21N3O2. The fourth-order valence-corrected chi connectivity index (χ4v) is 1.64. The summed E-state index contributed by atoms with van der Waals surface area (Å²) in [7, 11) is 0. The van der Waals surface area contributed by atoms with E-state index in [1.54, 1.807) is 0 Å². The minimum atomic E-state index is 0.104. The van der Waals surface area contributed by atoms with Crippen molar-refractivity contribution in [3.8, 4) is 0 Å². The molecule has 0 aromatic carbocycles. The first-order chi connectivity index (χ1) is 7.26. The number of carbonyl (C=O) groups excluding carboxylic acids is 1. The number of nitrogens with zero attached hydrogens (tertiary/aromatic N) is 2. The zero-order chi connectivity index (χ0) is 11.1. The third-order valence-corrected chi connectivity index (χ3v) is 2.70. The smallest absolute Gasteiger partial charge is 0.220 e. The standard InChI is InChI=1S/C10H21N3O2/c1-2-10(15)11-9-13-5-3-12(4-6-13)7-8-14/h14H,2-9H2,1H3,(H,11,15). The number of hydrogen-bond donors (Lipinski definition) is 2. The van der Waals surface area contributed by atoms with Crippen molar-refractivity contribution in [3.05, 3.63) is 0 Å². The van der Waals surface area contributed by atoms with Gasteiger partial charge in [-0.1, -0.05) is 6.92 Å². The molecule has 15 heavy (non-hydrogen) atoms. The van der Waals surface area contributed by atoms with Gasteiger partial charge in [0.15, 0.2) is 0 Å². The third kappa shape index (κ3) is 4.59. The molecule has 0 aromatic heterocycles. The van der Waals surface area contributed by atoms with Crippen molar-refractivity contribution < 1.29 is 9.90 Å². The Hall–Kier alpha value is -0.650. The molecule has 1 aliphatic rings. The molecule has 1 amide bonds. The Kier molecular flexibility index (Phi) is 5.60. The van der Waals surface area contributed by atoms with Crippen LogP contribution < -0.4 is 5.32 Å². The molecule has 0 aliphatic carbocycles. The van der Waals surface area contributed by atoms with Gasteiger partial charge in [-0.15, -0.1) is 0 Å². The highest BCUT2D eigenvalue weighted by atomic mass is 16.3. The highest BCUT2D eigenvalue weighted by Crippen LogP contribution is 1.99. The van der Waals surface area contributed by atoms with Gasteiger partial charge in [-0.2, -0.15) is 0 Å². The van der Waals surface area contributed by atoms with Crippen molar-refractivity contribution in [2.75, 3.05) is 46.0 Å². The number of hydrogen-bond acceptors (Lipinski definition) is 4. The van der Waals surface area contributed by atoms with E-state index in [0.29, 0.717) is 13.1 Å². The molecule has 0 saturated carbocycles.